The molecule has 0 aliphatic heterocycles. The first-order valence-corrected chi connectivity index (χ1v) is 6.56. The zero-order valence-electron chi connectivity index (χ0n) is 11.4. The van der Waals surface area contributed by atoms with Crippen LogP contribution in [0.3, 0.4) is 0 Å². The van der Waals surface area contributed by atoms with E-state index in [1.807, 2.05) is 30.3 Å². The molecule has 106 valence electrons. The standard InChI is InChI=1S/C15H14FN5/c1-10(17)12-7-8-14(13(16)9-12)21-19-15(18-20-21)11-5-3-2-4-6-11/h2-10H,17H2,1H3/t10-/m1/s1. The number of nitrogens with two attached hydrogens (primary N) is 1. The number of aromatic nitrogens is 4. The summed E-state index contributed by atoms with van der Waals surface area (Å²) in [6.07, 6.45) is 0. The highest BCUT2D eigenvalue weighted by Gasteiger charge is 2.12. The van der Waals surface area contributed by atoms with Gasteiger partial charge in [-0.3, -0.25) is 0 Å². The second kappa shape index (κ2) is 5.41. The Hall–Kier alpha value is -2.60. The molecule has 5 nitrogen and oxygen atoms in total. The number of nitrogens with zero attached hydrogens (tertiary/aromatic N) is 4. The molecule has 1 heterocycles. The van der Waals surface area contributed by atoms with E-state index in [-0.39, 0.29) is 11.7 Å². The van der Waals surface area contributed by atoms with Crippen LogP contribution in [0.15, 0.2) is 48.5 Å². The van der Waals surface area contributed by atoms with Crippen molar-refractivity contribution in [3.63, 3.8) is 0 Å². The molecule has 0 aliphatic carbocycles. The third-order valence-electron chi connectivity index (χ3n) is 3.16. The summed E-state index contributed by atoms with van der Waals surface area (Å²) in [6, 6.07) is 13.9. The van der Waals surface area contributed by atoms with Crippen LogP contribution in [-0.2, 0) is 0 Å². The van der Waals surface area contributed by atoms with Crippen LogP contribution >= 0.6 is 0 Å². The van der Waals surface area contributed by atoms with Crippen LogP contribution < -0.4 is 5.73 Å². The number of benzene rings is 2. The molecule has 0 spiro atoms. The van der Waals surface area contributed by atoms with Gasteiger partial charge >= 0.3 is 0 Å². The molecule has 0 radical (unpaired) electrons. The van der Waals surface area contributed by atoms with Crippen molar-refractivity contribution in [1.82, 2.24) is 20.2 Å². The molecule has 0 fully saturated rings. The first kappa shape index (κ1) is 13.4. The monoisotopic (exact) mass is 283 g/mol. The summed E-state index contributed by atoms with van der Waals surface area (Å²) in [7, 11) is 0. The third-order valence-corrected chi connectivity index (χ3v) is 3.16. The van der Waals surface area contributed by atoms with Crippen LogP contribution in [0.25, 0.3) is 17.1 Å². The minimum Gasteiger partial charge on any atom is -0.324 e. The molecular formula is C15H14FN5. The van der Waals surface area contributed by atoms with Gasteiger partial charge in [-0.2, -0.15) is 0 Å². The summed E-state index contributed by atoms with van der Waals surface area (Å²) in [4.78, 5) is 1.18. The average molecular weight is 283 g/mol. The van der Waals surface area contributed by atoms with Crippen molar-refractivity contribution in [2.45, 2.75) is 13.0 Å². The normalized spacial score (nSPS) is 12.3. The Morgan fingerprint density at radius 1 is 1.14 bits per heavy atom. The summed E-state index contributed by atoms with van der Waals surface area (Å²) < 4.78 is 14.1. The number of hydrogen-bond donors (Lipinski definition) is 1. The maximum absolute atomic E-state index is 14.1. The van der Waals surface area contributed by atoms with E-state index in [4.69, 9.17) is 5.73 Å². The molecule has 0 amide bonds. The molecule has 21 heavy (non-hydrogen) atoms. The fourth-order valence-electron chi connectivity index (χ4n) is 1.99. The van der Waals surface area contributed by atoms with Gasteiger partial charge in [-0.1, -0.05) is 36.4 Å². The Balaban J connectivity index is 1.97. The van der Waals surface area contributed by atoms with Crippen molar-refractivity contribution in [1.29, 1.82) is 0 Å². The van der Waals surface area contributed by atoms with Crippen LogP contribution in [-0.4, -0.2) is 20.2 Å². The smallest absolute Gasteiger partial charge is 0.205 e. The quantitative estimate of drug-likeness (QED) is 0.801. The lowest BCUT2D eigenvalue weighted by atomic mass is 10.1. The van der Waals surface area contributed by atoms with Gasteiger partial charge in [0, 0.05) is 11.6 Å². The van der Waals surface area contributed by atoms with E-state index in [9.17, 15) is 4.39 Å². The Bertz CT molecular complexity index is 752. The molecule has 3 aromatic rings. The predicted octanol–water partition coefficient (Wildman–Crippen LogP) is 2.49. The van der Waals surface area contributed by atoms with E-state index in [0.29, 0.717) is 5.82 Å². The van der Waals surface area contributed by atoms with Crippen molar-refractivity contribution in [3.05, 3.63) is 59.9 Å². The molecule has 0 unspecified atom stereocenters. The van der Waals surface area contributed by atoms with E-state index in [0.717, 1.165) is 11.1 Å². The minimum atomic E-state index is -0.429. The van der Waals surface area contributed by atoms with Crippen molar-refractivity contribution in [3.8, 4) is 17.1 Å². The van der Waals surface area contributed by atoms with Gasteiger partial charge in [-0.05, 0) is 29.8 Å². The van der Waals surface area contributed by atoms with Crippen LogP contribution in [0.4, 0.5) is 4.39 Å². The summed E-state index contributed by atoms with van der Waals surface area (Å²) in [6.45, 7) is 1.80. The second-order valence-electron chi connectivity index (χ2n) is 4.77. The highest BCUT2D eigenvalue weighted by molar-refractivity contribution is 5.53. The number of hydrogen-bond acceptors (Lipinski definition) is 4. The molecular weight excluding hydrogens is 269 g/mol. The van der Waals surface area contributed by atoms with Gasteiger partial charge in [0.1, 0.15) is 5.69 Å². The van der Waals surface area contributed by atoms with Crippen LogP contribution in [0, 0.1) is 5.82 Å². The maximum atomic E-state index is 14.1. The van der Waals surface area contributed by atoms with E-state index >= 15 is 0 Å². The van der Waals surface area contributed by atoms with E-state index < -0.39 is 5.82 Å². The van der Waals surface area contributed by atoms with Crippen LogP contribution in [0.2, 0.25) is 0 Å². The minimum absolute atomic E-state index is 0.225. The predicted molar refractivity (Wildman–Crippen MR) is 77.2 cm³/mol. The van der Waals surface area contributed by atoms with Gasteiger partial charge in [0.2, 0.25) is 5.82 Å². The van der Waals surface area contributed by atoms with E-state index in [1.54, 1.807) is 19.1 Å². The largest absolute Gasteiger partial charge is 0.324 e. The van der Waals surface area contributed by atoms with E-state index in [1.165, 1.54) is 10.9 Å². The first-order valence-electron chi connectivity index (χ1n) is 6.56. The van der Waals surface area contributed by atoms with Crippen molar-refractivity contribution >= 4 is 0 Å². The number of rotatable bonds is 3. The zero-order chi connectivity index (χ0) is 14.8. The van der Waals surface area contributed by atoms with Gasteiger partial charge < -0.3 is 5.73 Å². The molecule has 2 aromatic carbocycles. The fraction of sp³-hybridized carbons (Fsp3) is 0.133. The van der Waals surface area contributed by atoms with Gasteiger partial charge in [0.15, 0.2) is 5.82 Å². The fourth-order valence-corrected chi connectivity index (χ4v) is 1.99. The lowest BCUT2D eigenvalue weighted by molar-refractivity contribution is 0.587. The molecule has 0 saturated carbocycles. The van der Waals surface area contributed by atoms with Crippen LogP contribution in [0.1, 0.15) is 18.5 Å². The Morgan fingerprint density at radius 3 is 2.57 bits per heavy atom. The summed E-state index contributed by atoms with van der Waals surface area (Å²) in [5.74, 6) is 0.0214. The van der Waals surface area contributed by atoms with Crippen molar-refractivity contribution in [2.24, 2.45) is 5.73 Å². The molecule has 2 N–H and O–H groups in total. The topological polar surface area (TPSA) is 69.6 Å². The highest BCUT2D eigenvalue weighted by Crippen LogP contribution is 2.19. The number of halogens is 1. The maximum Gasteiger partial charge on any atom is 0.205 e. The molecule has 0 saturated heterocycles. The lowest BCUT2D eigenvalue weighted by Crippen LogP contribution is -2.08. The molecule has 0 bridgehead atoms. The molecule has 1 aromatic heterocycles. The van der Waals surface area contributed by atoms with E-state index in [2.05, 4.69) is 15.4 Å². The first-order chi connectivity index (χ1) is 10.1. The van der Waals surface area contributed by atoms with Crippen LogP contribution in [0.5, 0.6) is 0 Å². The Morgan fingerprint density at radius 2 is 1.90 bits per heavy atom. The van der Waals surface area contributed by atoms with Gasteiger partial charge in [0.25, 0.3) is 0 Å². The van der Waals surface area contributed by atoms with Gasteiger partial charge in [-0.25, -0.2) is 4.39 Å². The highest BCUT2D eigenvalue weighted by atomic mass is 19.1. The molecule has 1 atom stereocenters. The SMILES string of the molecule is C[C@@H](N)c1ccc(-n2nnc(-c3ccccc3)n2)c(F)c1. The molecule has 6 heteroatoms. The summed E-state index contributed by atoms with van der Waals surface area (Å²) >= 11 is 0. The van der Waals surface area contributed by atoms with Gasteiger partial charge in [-0.15, -0.1) is 15.0 Å². The lowest BCUT2D eigenvalue weighted by Gasteiger charge is -2.07. The number of tetrazole rings is 1. The zero-order valence-corrected chi connectivity index (χ0v) is 11.4. The Kier molecular flexibility index (Phi) is 3.45. The second-order valence-corrected chi connectivity index (χ2v) is 4.77. The summed E-state index contributed by atoms with van der Waals surface area (Å²) in [5, 5.41) is 12.1. The summed E-state index contributed by atoms with van der Waals surface area (Å²) in [5.41, 5.74) is 7.53. The molecule has 0 aliphatic rings. The van der Waals surface area contributed by atoms with Gasteiger partial charge in [0.05, 0.1) is 0 Å². The van der Waals surface area contributed by atoms with Crippen molar-refractivity contribution in [2.75, 3.05) is 0 Å². The Labute approximate surface area is 121 Å². The third kappa shape index (κ3) is 2.66. The molecule has 3 rings (SSSR count). The average Bonchev–Trinajstić information content (AvgIpc) is 2.97. The van der Waals surface area contributed by atoms with Crippen molar-refractivity contribution < 1.29 is 4.39 Å².